The van der Waals surface area contributed by atoms with Gasteiger partial charge >= 0.3 is 5.69 Å². The van der Waals surface area contributed by atoms with E-state index in [4.69, 9.17) is 4.74 Å². The van der Waals surface area contributed by atoms with E-state index in [2.05, 4.69) is 0 Å². The van der Waals surface area contributed by atoms with E-state index in [0.717, 1.165) is 34.7 Å². The number of Topliss-reactive ketones (excluding diaryl/α,β-unsaturated/α-hetero) is 1. The molecule has 39 heavy (non-hydrogen) atoms. The number of aromatic hydroxyl groups is 1. The molecule has 0 aromatic heterocycles. The van der Waals surface area contributed by atoms with Crippen LogP contribution in [-0.2, 0) is 15.0 Å². The molecule has 0 saturated carbocycles. The largest absolute Gasteiger partial charge is 0.507 e. The Labute approximate surface area is 223 Å². The van der Waals surface area contributed by atoms with E-state index in [-0.39, 0.29) is 22.4 Å². The summed E-state index contributed by atoms with van der Waals surface area (Å²) in [6.45, 7) is 8.12. The number of nitrogens with zero attached hydrogens (tertiary/aromatic N) is 2. The molecule has 1 heterocycles. The van der Waals surface area contributed by atoms with Crippen molar-refractivity contribution in [2.24, 2.45) is 0 Å². The number of amides is 1. The number of ether oxygens (including phenoxy) is 1. The SMILES string of the molecule is CCOc1ccc(/C(O)=C2/C(=O)C(=O)N(c3ccc(F)cc3)C2c2ccc(O)c([N+](=O)[O-])c2)cc1C(C)(C)C. The zero-order chi connectivity index (χ0) is 28.6. The van der Waals surface area contributed by atoms with E-state index in [1.165, 1.54) is 18.2 Å². The Morgan fingerprint density at radius 2 is 1.74 bits per heavy atom. The van der Waals surface area contributed by atoms with Crippen molar-refractivity contribution < 1.29 is 33.9 Å². The second-order valence-electron chi connectivity index (χ2n) is 10.0. The van der Waals surface area contributed by atoms with E-state index >= 15 is 0 Å². The van der Waals surface area contributed by atoms with Gasteiger partial charge < -0.3 is 14.9 Å². The minimum absolute atomic E-state index is 0.0894. The van der Waals surface area contributed by atoms with Crippen LogP contribution in [-0.4, -0.2) is 33.4 Å². The van der Waals surface area contributed by atoms with Crippen molar-refractivity contribution in [3.05, 3.63) is 98.9 Å². The third kappa shape index (κ3) is 5.05. The van der Waals surface area contributed by atoms with Gasteiger partial charge in [0.05, 0.1) is 23.1 Å². The molecule has 202 valence electrons. The van der Waals surface area contributed by atoms with Gasteiger partial charge in [0, 0.05) is 22.9 Å². The molecule has 2 N–H and O–H groups in total. The van der Waals surface area contributed by atoms with Crippen molar-refractivity contribution in [1.82, 2.24) is 0 Å². The van der Waals surface area contributed by atoms with E-state index < -0.39 is 51.1 Å². The van der Waals surface area contributed by atoms with Crippen LogP contribution in [0.3, 0.4) is 0 Å². The molecule has 0 bridgehead atoms. The second kappa shape index (κ2) is 10.2. The van der Waals surface area contributed by atoms with Crippen LogP contribution in [0.2, 0.25) is 0 Å². The number of hydrogen-bond donors (Lipinski definition) is 2. The summed E-state index contributed by atoms with van der Waals surface area (Å²) in [5.41, 5.74) is -0.150. The highest BCUT2D eigenvalue weighted by molar-refractivity contribution is 6.51. The average molecular weight is 535 g/mol. The van der Waals surface area contributed by atoms with Gasteiger partial charge in [0.2, 0.25) is 0 Å². The van der Waals surface area contributed by atoms with Gasteiger partial charge in [-0.15, -0.1) is 0 Å². The second-order valence-corrected chi connectivity index (χ2v) is 10.0. The van der Waals surface area contributed by atoms with Crippen LogP contribution in [0.5, 0.6) is 11.5 Å². The van der Waals surface area contributed by atoms with Gasteiger partial charge in [-0.1, -0.05) is 26.8 Å². The first-order chi connectivity index (χ1) is 18.3. The monoisotopic (exact) mass is 534 g/mol. The molecule has 3 aromatic carbocycles. The minimum Gasteiger partial charge on any atom is -0.507 e. The zero-order valence-corrected chi connectivity index (χ0v) is 21.8. The van der Waals surface area contributed by atoms with Gasteiger partial charge in [0.25, 0.3) is 11.7 Å². The molecule has 1 aliphatic rings. The fraction of sp³-hybridized carbons (Fsp3) is 0.241. The molecule has 4 rings (SSSR count). The molecule has 1 unspecified atom stereocenters. The van der Waals surface area contributed by atoms with Gasteiger partial charge in [-0.25, -0.2) is 4.39 Å². The fourth-order valence-corrected chi connectivity index (χ4v) is 4.57. The van der Waals surface area contributed by atoms with Crippen molar-refractivity contribution in [3.63, 3.8) is 0 Å². The van der Waals surface area contributed by atoms with Gasteiger partial charge in [0.15, 0.2) is 5.75 Å². The lowest BCUT2D eigenvalue weighted by Crippen LogP contribution is -2.29. The van der Waals surface area contributed by atoms with Crippen molar-refractivity contribution in [1.29, 1.82) is 0 Å². The van der Waals surface area contributed by atoms with Gasteiger partial charge in [-0.05, 0) is 66.4 Å². The standard InChI is InChI=1S/C29H27FN2O7/c1-5-39-23-13-7-17(14-20(23)29(2,3)4)26(34)24-25(16-6-12-22(33)21(15-16)32(37)38)31(28(36)27(24)35)19-10-8-18(30)9-11-19/h6-15,25,33-34H,5H2,1-4H3/b26-24-. The van der Waals surface area contributed by atoms with Crippen LogP contribution in [0, 0.1) is 15.9 Å². The average Bonchev–Trinajstić information content (AvgIpc) is 3.14. The van der Waals surface area contributed by atoms with Crippen LogP contribution < -0.4 is 9.64 Å². The molecule has 9 nitrogen and oxygen atoms in total. The summed E-state index contributed by atoms with van der Waals surface area (Å²) in [6.07, 6.45) is 0. The van der Waals surface area contributed by atoms with Crippen LogP contribution >= 0.6 is 0 Å². The van der Waals surface area contributed by atoms with Gasteiger partial charge in [-0.3, -0.25) is 24.6 Å². The Bertz CT molecular complexity index is 1510. The van der Waals surface area contributed by atoms with E-state index in [1.54, 1.807) is 18.2 Å². The Morgan fingerprint density at radius 1 is 1.08 bits per heavy atom. The van der Waals surface area contributed by atoms with Crippen molar-refractivity contribution in [2.45, 2.75) is 39.2 Å². The molecule has 0 spiro atoms. The molecule has 1 amide bonds. The maximum atomic E-state index is 13.7. The number of rotatable bonds is 6. The maximum absolute atomic E-state index is 13.7. The Hall–Kier alpha value is -4.73. The molecular formula is C29H27FN2O7. The number of anilines is 1. The maximum Gasteiger partial charge on any atom is 0.311 e. The topological polar surface area (TPSA) is 130 Å². The first kappa shape index (κ1) is 27.3. The summed E-state index contributed by atoms with van der Waals surface area (Å²) in [7, 11) is 0. The molecule has 3 aromatic rings. The zero-order valence-electron chi connectivity index (χ0n) is 21.8. The Morgan fingerprint density at radius 3 is 2.33 bits per heavy atom. The molecule has 1 atom stereocenters. The number of phenolic OH excluding ortho intramolecular Hbond substituents is 1. The summed E-state index contributed by atoms with van der Waals surface area (Å²) < 4.78 is 19.4. The molecule has 1 saturated heterocycles. The molecule has 10 heteroatoms. The first-order valence-corrected chi connectivity index (χ1v) is 12.2. The summed E-state index contributed by atoms with van der Waals surface area (Å²) in [6, 6.07) is 11.8. The van der Waals surface area contributed by atoms with Crippen LogP contribution in [0.25, 0.3) is 5.76 Å². The van der Waals surface area contributed by atoms with E-state index in [9.17, 15) is 34.3 Å². The van der Waals surface area contributed by atoms with Crippen LogP contribution in [0.15, 0.2) is 66.2 Å². The minimum atomic E-state index is -1.31. The third-order valence-corrected chi connectivity index (χ3v) is 6.42. The summed E-state index contributed by atoms with van der Waals surface area (Å²) in [5, 5.41) is 33.0. The molecular weight excluding hydrogens is 507 g/mol. The van der Waals surface area contributed by atoms with Crippen LogP contribution in [0.1, 0.15) is 50.4 Å². The van der Waals surface area contributed by atoms with Crippen molar-refractivity contribution in [3.8, 4) is 11.5 Å². The number of ketones is 1. The highest BCUT2D eigenvalue weighted by Gasteiger charge is 2.47. The number of aliphatic hydroxyl groups is 1. The number of halogens is 1. The Balaban J connectivity index is 1.99. The predicted molar refractivity (Wildman–Crippen MR) is 142 cm³/mol. The molecule has 1 fully saturated rings. The number of nitro groups is 1. The highest BCUT2D eigenvalue weighted by Crippen LogP contribution is 2.44. The number of phenols is 1. The van der Waals surface area contributed by atoms with Crippen LogP contribution in [0.4, 0.5) is 15.8 Å². The van der Waals surface area contributed by atoms with Crippen molar-refractivity contribution in [2.75, 3.05) is 11.5 Å². The van der Waals surface area contributed by atoms with E-state index in [0.29, 0.717) is 12.4 Å². The Kier molecular flexibility index (Phi) is 7.14. The fourth-order valence-electron chi connectivity index (χ4n) is 4.57. The first-order valence-electron chi connectivity index (χ1n) is 12.2. The molecule has 0 radical (unpaired) electrons. The van der Waals surface area contributed by atoms with Gasteiger partial charge in [-0.2, -0.15) is 0 Å². The predicted octanol–water partition coefficient (Wildman–Crippen LogP) is 5.76. The number of carbonyl (C=O) groups excluding carboxylic acids is 2. The normalized spacial score (nSPS) is 16.9. The number of hydrogen-bond acceptors (Lipinski definition) is 7. The smallest absolute Gasteiger partial charge is 0.311 e. The lowest BCUT2D eigenvalue weighted by Gasteiger charge is -2.26. The van der Waals surface area contributed by atoms with Crippen molar-refractivity contribution >= 4 is 28.8 Å². The summed E-state index contributed by atoms with van der Waals surface area (Å²) in [5.74, 6) is -3.11. The number of carbonyl (C=O) groups is 2. The van der Waals surface area contributed by atoms with Gasteiger partial charge in [0.1, 0.15) is 17.3 Å². The number of nitro benzene ring substituents is 1. The molecule has 1 aliphatic heterocycles. The molecule has 0 aliphatic carbocycles. The summed E-state index contributed by atoms with van der Waals surface area (Å²) >= 11 is 0. The lowest BCUT2D eigenvalue weighted by molar-refractivity contribution is -0.385. The quantitative estimate of drug-likeness (QED) is 0.135. The van der Waals surface area contributed by atoms with E-state index in [1.807, 2.05) is 27.7 Å². The number of aliphatic hydroxyl groups excluding tert-OH is 1. The lowest BCUT2D eigenvalue weighted by atomic mass is 9.84. The highest BCUT2D eigenvalue weighted by atomic mass is 19.1. The third-order valence-electron chi connectivity index (χ3n) is 6.42. The number of benzene rings is 3. The summed E-state index contributed by atoms with van der Waals surface area (Å²) in [4.78, 5) is 38.5.